The first-order chi connectivity index (χ1) is 9.65. The fourth-order valence-corrected chi connectivity index (χ4v) is 3.15. The van der Waals surface area contributed by atoms with Crippen LogP contribution in [0.2, 0.25) is 0 Å². The minimum absolute atomic E-state index is 0.179. The maximum Gasteiger partial charge on any atom is 0.307 e. The van der Waals surface area contributed by atoms with Crippen molar-refractivity contribution in [3.63, 3.8) is 0 Å². The molecule has 1 unspecified atom stereocenters. The van der Waals surface area contributed by atoms with Gasteiger partial charge in [-0.25, -0.2) is 0 Å². The Morgan fingerprint density at radius 3 is 2.85 bits per heavy atom. The number of fused-ring (bicyclic) bond motifs is 1. The quantitative estimate of drug-likeness (QED) is 0.840. The Labute approximate surface area is 120 Å². The van der Waals surface area contributed by atoms with Gasteiger partial charge >= 0.3 is 5.97 Å². The van der Waals surface area contributed by atoms with Gasteiger partial charge in [0.25, 0.3) is 0 Å². The summed E-state index contributed by atoms with van der Waals surface area (Å²) in [5.41, 5.74) is 2.14. The molecule has 1 aromatic carbocycles. The zero-order valence-corrected chi connectivity index (χ0v) is 12.5. The largest absolute Gasteiger partial charge is 0.497 e. The Morgan fingerprint density at radius 2 is 2.20 bits per heavy atom. The van der Waals surface area contributed by atoms with Gasteiger partial charge in [0.1, 0.15) is 5.75 Å². The predicted molar refractivity (Wildman–Crippen MR) is 77.9 cm³/mol. The lowest BCUT2D eigenvalue weighted by atomic mass is 9.74. The van der Waals surface area contributed by atoms with E-state index in [0.29, 0.717) is 6.42 Å². The van der Waals surface area contributed by atoms with Crippen LogP contribution in [0.4, 0.5) is 0 Å². The van der Waals surface area contributed by atoms with Crippen LogP contribution in [0.5, 0.6) is 5.75 Å². The van der Waals surface area contributed by atoms with Crippen molar-refractivity contribution in [2.45, 2.75) is 38.1 Å². The second-order valence-corrected chi connectivity index (χ2v) is 5.24. The summed E-state index contributed by atoms with van der Waals surface area (Å²) in [6.07, 6.45) is 3.42. The first-order valence-corrected chi connectivity index (χ1v) is 7.14. The van der Waals surface area contributed by atoms with Crippen molar-refractivity contribution in [1.29, 1.82) is 0 Å². The van der Waals surface area contributed by atoms with E-state index in [9.17, 15) is 4.79 Å². The van der Waals surface area contributed by atoms with Gasteiger partial charge in [0.15, 0.2) is 0 Å². The highest BCUT2D eigenvalue weighted by molar-refractivity contribution is 5.71. The van der Waals surface area contributed by atoms with E-state index in [2.05, 4.69) is 24.4 Å². The molecule has 0 aliphatic heterocycles. The Hall–Kier alpha value is -1.55. The number of esters is 1. The second-order valence-electron chi connectivity index (χ2n) is 5.24. The van der Waals surface area contributed by atoms with Gasteiger partial charge in [-0.1, -0.05) is 13.0 Å². The number of hydrogen-bond acceptors (Lipinski definition) is 4. The second kappa shape index (κ2) is 6.27. The highest BCUT2D eigenvalue weighted by atomic mass is 16.5. The van der Waals surface area contributed by atoms with Crippen LogP contribution in [0.3, 0.4) is 0 Å². The van der Waals surface area contributed by atoms with Gasteiger partial charge in [-0.2, -0.15) is 0 Å². The highest BCUT2D eigenvalue weighted by Gasteiger charge is 2.38. The average molecular weight is 277 g/mol. The van der Waals surface area contributed by atoms with E-state index in [1.54, 1.807) is 7.11 Å². The van der Waals surface area contributed by atoms with Crippen LogP contribution in [-0.4, -0.2) is 26.7 Å². The van der Waals surface area contributed by atoms with E-state index in [0.717, 1.165) is 31.6 Å². The molecule has 1 aliphatic carbocycles. The number of nitrogens with one attached hydrogen (secondary N) is 1. The number of benzene rings is 1. The molecule has 20 heavy (non-hydrogen) atoms. The first-order valence-electron chi connectivity index (χ1n) is 7.14. The number of aryl methyl sites for hydroxylation is 1. The molecule has 4 heteroatoms. The molecule has 1 aromatic rings. The van der Waals surface area contributed by atoms with E-state index < -0.39 is 0 Å². The molecule has 0 spiro atoms. The molecular formula is C16H23NO3. The van der Waals surface area contributed by atoms with Gasteiger partial charge in [0.2, 0.25) is 0 Å². The molecule has 0 saturated carbocycles. The van der Waals surface area contributed by atoms with Crippen LogP contribution in [-0.2, 0) is 21.5 Å². The van der Waals surface area contributed by atoms with Gasteiger partial charge in [0.05, 0.1) is 26.2 Å². The van der Waals surface area contributed by atoms with Crippen molar-refractivity contribution in [2.75, 3.05) is 20.8 Å². The van der Waals surface area contributed by atoms with Crippen LogP contribution in [0.25, 0.3) is 0 Å². The van der Waals surface area contributed by atoms with E-state index in [1.165, 1.54) is 18.2 Å². The van der Waals surface area contributed by atoms with E-state index in [-0.39, 0.29) is 11.5 Å². The molecule has 0 fully saturated rings. The average Bonchev–Trinajstić information content (AvgIpc) is 2.47. The molecule has 0 radical (unpaired) electrons. The van der Waals surface area contributed by atoms with Gasteiger partial charge in [-0.15, -0.1) is 0 Å². The minimum Gasteiger partial charge on any atom is -0.497 e. The van der Waals surface area contributed by atoms with Crippen molar-refractivity contribution < 1.29 is 14.3 Å². The van der Waals surface area contributed by atoms with Crippen molar-refractivity contribution in [3.05, 3.63) is 29.3 Å². The van der Waals surface area contributed by atoms with Crippen molar-refractivity contribution >= 4 is 5.97 Å². The number of rotatable bonds is 5. The third-order valence-electron chi connectivity index (χ3n) is 4.07. The monoisotopic (exact) mass is 277 g/mol. The maximum atomic E-state index is 11.8. The molecule has 1 aliphatic rings. The van der Waals surface area contributed by atoms with Crippen LogP contribution in [0.1, 0.15) is 37.3 Å². The van der Waals surface area contributed by atoms with E-state index >= 15 is 0 Å². The smallest absolute Gasteiger partial charge is 0.307 e. The van der Waals surface area contributed by atoms with Gasteiger partial charge in [0, 0.05) is 0 Å². The molecular weight excluding hydrogens is 254 g/mol. The van der Waals surface area contributed by atoms with Gasteiger partial charge in [-0.05, 0) is 49.1 Å². The summed E-state index contributed by atoms with van der Waals surface area (Å²) in [6.45, 7) is 2.88. The van der Waals surface area contributed by atoms with Crippen LogP contribution >= 0.6 is 0 Å². The lowest BCUT2D eigenvalue weighted by Crippen LogP contribution is -2.46. The molecule has 4 nitrogen and oxygen atoms in total. The Bertz CT molecular complexity index is 487. The molecule has 1 atom stereocenters. The molecule has 0 heterocycles. The van der Waals surface area contributed by atoms with Crippen LogP contribution in [0.15, 0.2) is 18.2 Å². The number of ether oxygens (including phenoxy) is 2. The molecule has 0 bridgehead atoms. The van der Waals surface area contributed by atoms with Crippen LogP contribution in [0, 0.1) is 0 Å². The number of methoxy groups -OCH3 is 2. The standard InChI is InChI=1S/C16H23NO3/c1-4-17-16(11-15(18)20-3)9-5-6-12-7-8-13(19-2)10-14(12)16/h7-8,10,17H,4-6,9,11H2,1-3H3. The third kappa shape index (κ3) is 2.80. The summed E-state index contributed by atoms with van der Waals surface area (Å²) in [7, 11) is 3.11. The topological polar surface area (TPSA) is 47.6 Å². The summed E-state index contributed by atoms with van der Waals surface area (Å²) < 4.78 is 10.2. The fraction of sp³-hybridized carbons (Fsp3) is 0.562. The summed E-state index contributed by atoms with van der Waals surface area (Å²) >= 11 is 0. The summed E-state index contributed by atoms with van der Waals surface area (Å²) in [6, 6.07) is 6.15. The zero-order chi connectivity index (χ0) is 14.6. The molecule has 0 aromatic heterocycles. The van der Waals surface area contributed by atoms with Crippen molar-refractivity contribution in [3.8, 4) is 5.75 Å². The fourth-order valence-electron chi connectivity index (χ4n) is 3.15. The van der Waals surface area contributed by atoms with Crippen molar-refractivity contribution in [1.82, 2.24) is 5.32 Å². The lowest BCUT2D eigenvalue weighted by Gasteiger charge is -2.39. The van der Waals surface area contributed by atoms with E-state index in [1.807, 2.05) is 6.07 Å². The van der Waals surface area contributed by atoms with Gasteiger partial charge < -0.3 is 14.8 Å². The lowest BCUT2D eigenvalue weighted by molar-refractivity contribution is -0.142. The van der Waals surface area contributed by atoms with Crippen molar-refractivity contribution in [2.24, 2.45) is 0 Å². The molecule has 0 amide bonds. The maximum absolute atomic E-state index is 11.8. The molecule has 2 rings (SSSR count). The normalized spacial score (nSPS) is 21.1. The summed E-state index contributed by atoms with van der Waals surface area (Å²) in [4.78, 5) is 11.8. The van der Waals surface area contributed by atoms with E-state index in [4.69, 9.17) is 9.47 Å². The molecule has 0 saturated heterocycles. The Kier molecular flexibility index (Phi) is 4.65. The molecule has 110 valence electrons. The summed E-state index contributed by atoms with van der Waals surface area (Å²) in [5.74, 6) is 0.652. The molecule has 1 N–H and O–H groups in total. The van der Waals surface area contributed by atoms with Crippen LogP contribution < -0.4 is 10.1 Å². The van der Waals surface area contributed by atoms with Gasteiger partial charge in [-0.3, -0.25) is 4.79 Å². The zero-order valence-electron chi connectivity index (χ0n) is 12.5. The highest BCUT2D eigenvalue weighted by Crippen LogP contribution is 2.39. The Balaban J connectivity index is 2.45. The Morgan fingerprint density at radius 1 is 1.40 bits per heavy atom. The SMILES string of the molecule is CCNC1(CC(=O)OC)CCCc2ccc(OC)cc21. The predicted octanol–water partition coefficient (Wildman–Crippen LogP) is 2.40. The summed E-state index contributed by atoms with van der Waals surface area (Å²) in [5, 5.41) is 3.51. The number of hydrogen-bond donors (Lipinski definition) is 1. The number of carbonyl (C=O) groups is 1. The number of carbonyl (C=O) groups excluding carboxylic acids is 1. The minimum atomic E-state index is -0.329. The first kappa shape index (κ1) is 14.9. The third-order valence-corrected chi connectivity index (χ3v) is 4.07.